The fraction of sp³-hybridized carbons (Fsp3) is 0.333. The van der Waals surface area contributed by atoms with Gasteiger partial charge in [-0.25, -0.2) is 0 Å². The van der Waals surface area contributed by atoms with Crippen LogP contribution in [0.15, 0.2) is 47.3 Å². The largest absolute Gasteiger partial charge is 0.378 e. The number of hydrogen-bond donors (Lipinski definition) is 0. The molecule has 1 heterocycles. The van der Waals surface area contributed by atoms with E-state index in [9.17, 15) is 0 Å². The van der Waals surface area contributed by atoms with E-state index in [0.717, 1.165) is 6.42 Å². The van der Waals surface area contributed by atoms with E-state index in [4.69, 9.17) is 0 Å². The van der Waals surface area contributed by atoms with Gasteiger partial charge in [0.1, 0.15) is 0 Å². The molecule has 1 aliphatic heterocycles. The van der Waals surface area contributed by atoms with Crippen LogP contribution in [0.4, 0.5) is 11.4 Å². The van der Waals surface area contributed by atoms with Gasteiger partial charge in [0.15, 0.2) is 0 Å². The Morgan fingerprint density at radius 3 is 2.43 bits per heavy atom. The first-order valence-electron chi connectivity index (χ1n) is 7.32. The zero-order valence-corrected chi connectivity index (χ0v) is 13.5. The van der Waals surface area contributed by atoms with E-state index in [2.05, 4.69) is 86.4 Å². The summed E-state index contributed by atoms with van der Waals surface area (Å²) in [5, 5.41) is 0. The zero-order valence-electron chi connectivity index (χ0n) is 13.5. The SMILES string of the molecule is CN(C)C1=CCC2=Cc3ccc(N(C)C)cc3N(C)C2=C1. The molecule has 2 aliphatic rings. The molecule has 21 heavy (non-hydrogen) atoms. The van der Waals surface area contributed by atoms with Crippen LogP contribution in [0, 0.1) is 0 Å². The molecule has 0 saturated heterocycles. The molecule has 0 fully saturated rings. The summed E-state index contributed by atoms with van der Waals surface area (Å²) >= 11 is 0. The zero-order chi connectivity index (χ0) is 15.1. The van der Waals surface area contributed by atoms with Crippen LogP contribution in [-0.4, -0.2) is 40.1 Å². The predicted molar refractivity (Wildman–Crippen MR) is 91.6 cm³/mol. The standard InChI is InChI=1S/C18H23N3/c1-19(2)15-8-6-13-10-14-7-9-16(20(3)4)12-18(14)21(5)17(13)11-15/h6,8-12H,7H2,1-5H3. The van der Waals surface area contributed by atoms with E-state index < -0.39 is 0 Å². The fourth-order valence-corrected chi connectivity index (χ4v) is 2.91. The second-order valence-corrected chi connectivity index (χ2v) is 6.12. The molecule has 0 N–H and O–H groups in total. The molecule has 0 saturated carbocycles. The Hall–Kier alpha value is -2.16. The van der Waals surface area contributed by atoms with E-state index in [1.54, 1.807) is 0 Å². The van der Waals surface area contributed by atoms with Crippen molar-refractivity contribution in [2.75, 3.05) is 45.0 Å². The van der Waals surface area contributed by atoms with Gasteiger partial charge in [-0.1, -0.05) is 12.1 Å². The lowest BCUT2D eigenvalue weighted by Gasteiger charge is -2.34. The van der Waals surface area contributed by atoms with Crippen LogP contribution in [0.3, 0.4) is 0 Å². The number of likely N-dealkylation sites (N-methyl/N-ethyl adjacent to an activating group) is 2. The van der Waals surface area contributed by atoms with Crippen molar-refractivity contribution in [3.63, 3.8) is 0 Å². The monoisotopic (exact) mass is 281 g/mol. The van der Waals surface area contributed by atoms with Gasteiger partial charge in [-0.15, -0.1) is 0 Å². The molecule has 0 aromatic heterocycles. The van der Waals surface area contributed by atoms with Crippen molar-refractivity contribution in [1.82, 2.24) is 4.90 Å². The lowest BCUT2D eigenvalue weighted by atomic mass is 9.93. The molecular formula is C18H23N3. The first kappa shape index (κ1) is 13.8. The van der Waals surface area contributed by atoms with Crippen molar-refractivity contribution in [1.29, 1.82) is 0 Å². The summed E-state index contributed by atoms with van der Waals surface area (Å²) in [5.41, 5.74) is 7.80. The minimum absolute atomic E-state index is 0.999. The maximum atomic E-state index is 2.32. The summed E-state index contributed by atoms with van der Waals surface area (Å²) in [7, 11) is 10.5. The minimum Gasteiger partial charge on any atom is -0.378 e. The highest BCUT2D eigenvalue weighted by Crippen LogP contribution is 2.39. The number of nitrogens with zero attached hydrogens (tertiary/aromatic N) is 3. The lowest BCUT2D eigenvalue weighted by Crippen LogP contribution is -2.25. The Balaban J connectivity index is 2.06. The summed E-state index contributed by atoms with van der Waals surface area (Å²) in [6.45, 7) is 0. The molecule has 3 nitrogen and oxygen atoms in total. The normalized spacial score (nSPS) is 16.4. The summed E-state index contributed by atoms with van der Waals surface area (Å²) in [4.78, 5) is 6.63. The smallest absolute Gasteiger partial charge is 0.0502 e. The Morgan fingerprint density at radius 1 is 1.00 bits per heavy atom. The second kappa shape index (κ2) is 4.99. The fourth-order valence-electron chi connectivity index (χ4n) is 2.91. The topological polar surface area (TPSA) is 9.72 Å². The van der Waals surface area contributed by atoms with Crippen LogP contribution in [0.5, 0.6) is 0 Å². The number of rotatable bonds is 2. The number of allylic oxidation sites excluding steroid dienone is 3. The van der Waals surface area contributed by atoms with Gasteiger partial charge in [-0.05, 0) is 41.8 Å². The van der Waals surface area contributed by atoms with E-state index in [1.165, 1.54) is 33.9 Å². The second-order valence-electron chi connectivity index (χ2n) is 6.12. The quantitative estimate of drug-likeness (QED) is 0.823. The third-order valence-electron chi connectivity index (χ3n) is 4.24. The van der Waals surface area contributed by atoms with Gasteiger partial charge in [0.2, 0.25) is 0 Å². The van der Waals surface area contributed by atoms with Crippen LogP contribution in [-0.2, 0) is 0 Å². The van der Waals surface area contributed by atoms with Crippen LogP contribution in [0.2, 0.25) is 0 Å². The molecule has 1 aromatic carbocycles. The van der Waals surface area contributed by atoms with Crippen LogP contribution in [0.25, 0.3) is 6.08 Å². The first-order valence-corrected chi connectivity index (χ1v) is 7.32. The summed E-state index contributed by atoms with van der Waals surface area (Å²) in [6.07, 6.45) is 7.89. The summed E-state index contributed by atoms with van der Waals surface area (Å²) in [6, 6.07) is 6.66. The Morgan fingerprint density at radius 2 is 1.76 bits per heavy atom. The van der Waals surface area contributed by atoms with Crippen molar-refractivity contribution < 1.29 is 0 Å². The molecule has 0 spiro atoms. The Labute approximate surface area is 127 Å². The average Bonchev–Trinajstić information content (AvgIpc) is 2.46. The van der Waals surface area contributed by atoms with Crippen molar-refractivity contribution in [3.05, 3.63) is 52.9 Å². The number of anilines is 2. The molecule has 3 heteroatoms. The minimum atomic E-state index is 0.999. The van der Waals surface area contributed by atoms with Gasteiger partial charge >= 0.3 is 0 Å². The lowest BCUT2D eigenvalue weighted by molar-refractivity contribution is 0.524. The molecular weight excluding hydrogens is 258 g/mol. The maximum absolute atomic E-state index is 2.32. The summed E-state index contributed by atoms with van der Waals surface area (Å²) < 4.78 is 0. The van der Waals surface area contributed by atoms with Gasteiger partial charge in [-0.2, -0.15) is 0 Å². The van der Waals surface area contributed by atoms with Gasteiger partial charge in [0.25, 0.3) is 0 Å². The molecule has 0 amide bonds. The van der Waals surface area contributed by atoms with E-state index >= 15 is 0 Å². The molecule has 110 valence electrons. The summed E-state index contributed by atoms with van der Waals surface area (Å²) in [5.74, 6) is 0. The molecule has 0 radical (unpaired) electrons. The maximum Gasteiger partial charge on any atom is 0.0502 e. The van der Waals surface area contributed by atoms with Crippen LogP contribution >= 0.6 is 0 Å². The van der Waals surface area contributed by atoms with Crippen molar-refractivity contribution >= 4 is 17.5 Å². The van der Waals surface area contributed by atoms with Crippen LogP contribution < -0.4 is 9.80 Å². The molecule has 3 rings (SSSR count). The number of fused-ring (bicyclic) bond motifs is 2. The van der Waals surface area contributed by atoms with Gasteiger partial charge in [0, 0.05) is 52.3 Å². The van der Waals surface area contributed by atoms with Gasteiger partial charge in [0.05, 0.1) is 5.69 Å². The molecule has 0 bridgehead atoms. The van der Waals surface area contributed by atoms with Crippen molar-refractivity contribution in [3.8, 4) is 0 Å². The van der Waals surface area contributed by atoms with Crippen molar-refractivity contribution in [2.45, 2.75) is 6.42 Å². The van der Waals surface area contributed by atoms with Gasteiger partial charge in [-0.3, -0.25) is 0 Å². The number of hydrogen-bond acceptors (Lipinski definition) is 3. The van der Waals surface area contributed by atoms with E-state index in [-0.39, 0.29) is 0 Å². The van der Waals surface area contributed by atoms with Gasteiger partial charge < -0.3 is 14.7 Å². The van der Waals surface area contributed by atoms with E-state index in [0.29, 0.717) is 0 Å². The predicted octanol–water partition coefficient (Wildman–Crippen LogP) is 3.32. The third-order valence-corrected chi connectivity index (χ3v) is 4.24. The molecule has 0 unspecified atom stereocenters. The highest BCUT2D eigenvalue weighted by Gasteiger charge is 2.23. The van der Waals surface area contributed by atoms with Crippen molar-refractivity contribution in [2.24, 2.45) is 0 Å². The highest BCUT2D eigenvalue weighted by atomic mass is 15.1. The third kappa shape index (κ3) is 2.33. The molecule has 0 atom stereocenters. The number of benzene rings is 1. The average molecular weight is 281 g/mol. The van der Waals surface area contributed by atoms with E-state index in [1.807, 2.05) is 0 Å². The Bertz CT molecular complexity index is 663. The first-order chi connectivity index (χ1) is 9.97. The molecule has 1 aliphatic carbocycles. The Kier molecular flexibility index (Phi) is 3.28. The van der Waals surface area contributed by atoms with Crippen LogP contribution in [0.1, 0.15) is 12.0 Å². The molecule has 1 aromatic rings. The highest BCUT2D eigenvalue weighted by molar-refractivity contribution is 5.82.